The molecule has 32 heavy (non-hydrogen) atoms. The number of aryl methyl sites for hydroxylation is 1. The second-order valence-corrected chi connectivity index (χ2v) is 7.25. The standard InChI is InChI=1S/C26H23N3O3/c1-18-9-11-20(12-10-18)25-27-14-13-24(29-25)32-23-8-4-6-21(16-23)26(30)28-17-19-5-3-7-22(15-19)31-2/h3-16H,17H2,1-2H3,(H,28,30). The zero-order chi connectivity index (χ0) is 22.3. The van der Waals surface area contributed by atoms with Crippen molar-refractivity contribution in [2.75, 3.05) is 7.11 Å². The van der Waals surface area contributed by atoms with Crippen LogP contribution >= 0.6 is 0 Å². The number of methoxy groups -OCH3 is 1. The Morgan fingerprint density at radius 2 is 1.72 bits per heavy atom. The van der Waals surface area contributed by atoms with Crippen LogP contribution < -0.4 is 14.8 Å². The van der Waals surface area contributed by atoms with Crippen molar-refractivity contribution in [3.8, 4) is 28.8 Å². The Hall–Kier alpha value is -4.19. The number of nitrogens with one attached hydrogen (secondary N) is 1. The van der Waals surface area contributed by atoms with Crippen LogP contribution in [-0.4, -0.2) is 23.0 Å². The first-order chi connectivity index (χ1) is 15.6. The van der Waals surface area contributed by atoms with Gasteiger partial charge in [-0.05, 0) is 42.8 Å². The molecule has 6 heteroatoms. The molecule has 1 amide bonds. The van der Waals surface area contributed by atoms with Crippen LogP contribution in [0.3, 0.4) is 0 Å². The highest BCUT2D eigenvalue weighted by atomic mass is 16.5. The van der Waals surface area contributed by atoms with Crippen molar-refractivity contribution in [3.05, 3.63) is 102 Å². The number of benzene rings is 3. The second kappa shape index (κ2) is 9.75. The quantitative estimate of drug-likeness (QED) is 0.441. The largest absolute Gasteiger partial charge is 0.497 e. The number of amides is 1. The molecule has 3 aromatic carbocycles. The third-order valence-electron chi connectivity index (χ3n) is 4.85. The van der Waals surface area contributed by atoms with Crippen LogP contribution in [0, 0.1) is 6.92 Å². The van der Waals surface area contributed by atoms with Crippen LogP contribution in [0.1, 0.15) is 21.5 Å². The highest BCUT2D eigenvalue weighted by Crippen LogP contribution is 2.23. The molecule has 4 rings (SSSR count). The number of aromatic nitrogens is 2. The fourth-order valence-corrected chi connectivity index (χ4v) is 3.13. The number of hydrogen-bond donors (Lipinski definition) is 1. The molecule has 0 saturated heterocycles. The lowest BCUT2D eigenvalue weighted by Gasteiger charge is -2.09. The minimum absolute atomic E-state index is 0.193. The number of nitrogens with zero attached hydrogens (tertiary/aromatic N) is 2. The molecule has 0 bridgehead atoms. The number of ether oxygens (including phenoxy) is 2. The fraction of sp³-hybridized carbons (Fsp3) is 0.115. The SMILES string of the molecule is COc1cccc(CNC(=O)c2cccc(Oc3ccnc(-c4ccc(C)cc4)n3)c2)c1. The summed E-state index contributed by atoms with van der Waals surface area (Å²) in [5.74, 6) is 2.06. The van der Waals surface area contributed by atoms with Gasteiger partial charge in [0.15, 0.2) is 5.82 Å². The summed E-state index contributed by atoms with van der Waals surface area (Å²) in [6, 6.07) is 24.2. The van der Waals surface area contributed by atoms with E-state index in [-0.39, 0.29) is 5.91 Å². The zero-order valence-corrected chi connectivity index (χ0v) is 17.9. The van der Waals surface area contributed by atoms with Gasteiger partial charge in [0.05, 0.1) is 7.11 Å². The molecule has 1 aromatic heterocycles. The van der Waals surface area contributed by atoms with Crippen molar-refractivity contribution in [1.82, 2.24) is 15.3 Å². The van der Waals surface area contributed by atoms with Crippen molar-refractivity contribution in [3.63, 3.8) is 0 Å². The first-order valence-electron chi connectivity index (χ1n) is 10.2. The molecule has 0 aliphatic heterocycles. The minimum atomic E-state index is -0.193. The van der Waals surface area contributed by atoms with Gasteiger partial charge in [0.2, 0.25) is 5.88 Å². The predicted octanol–water partition coefficient (Wildman–Crippen LogP) is 5.18. The smallest absolute Gasteiger partial charge is 0.251 e. The molecule has 6 nitrogen and oxygen atoms in total. The molecule has 0 spiro atoms. The van der Waals surface area contributed by atoms with Crippen LogP contribution in [0.4, 0.5) is 0 Å². The molecule has 160 valence electrons. The van der Waals surface area contributed by atoms with Crippen molar-refractivity contribution >= 4 is 5.91 Å². The van der Waals surface area contributed by atoms with Gasteiger partial charge in [0.1, 0.15) is 11.5 Å². The van der Waals surface area contributed by atoms with Crippen molar-refractivity contribution in [1.29, 1.82) is 0 Å². The van der Waals surface area contributed by atoms with Crippen molar-refractivity contribution in [2.24, 2.45) is 0 Å². The summed E-state index contributed by atoms with van der Waals surface area (Å²) in [5, 5.41) is 2.92. The number of rotatable bonds is 7. The number of hydrogen-bond acceptors (Lipinski definition) is 5. The van der Waals surface area contributed by atoms with E-state index in [4.69, 9.17) is 9.47 Å². The lowest BCUT2D eigenvalue weighted by Crippen LogP contribution is -2.22. The summed E-state index contributed by atoms with van der Waals surface area (Å²) >= 11 is 0. The van der Waals surface area contributed by atoms with Crippen LogP contribution in [0.15, 0.2) is 85.1 Å². The lowest BCUT2D eigenvalue weighted by molar-refractivity contribution is 0.0950. The van der Waals surface area contributed by atoms with Gasteiger partial charge in [-0.15, -0.1) is 0 Å². The maximum atomic E-state index is 12.6. The van der Waals surface area contributed by atoms with Crippen LogP contribution in [0.2, 0.25) is 0 Å². The average Bonchev–Trinajstić information content (AvgIpc) is 2.83. The molecule has 0 aliphatic rings. The summed E-state index contributed by atoms with van der Waals surface area (Å²) in [6.45, 7) is 2.43. The third-order valence-corrected chi connectivity index (χ3v) is 4.85. The zero-order valence-electron chi connectivity index (χ0n) is 17.9. The molecule has 1 N–H and O–H groups in total. The van der Waals surface area contributed by atoms with Gasteiger partial charge in [-0.25, -0.2) is 4.98 Å². The van der Waals surface area contributed by atoms with Gasteiger partial charge in [-0.3, -0.25) is 4.79 Å². The first-order valence-corrected chi connectivity index (χ1v) is 10.2. The van der Waals surface area contributed by atoms with Crippen LogP contribution in [-0.2, 0) is 6.54 Å². The summed E-state index contributed by atoms with van der Waals surface area (Å²) in [6.07, 6.45) is 1.65. The van der Waals surface area contributed by atoms with E-state index in [1.54, 1.807) is 43.6 Å². The fourth-order valence-electron chi connectivity index (χ4n) is 3.13. The van der Waals surface area contributed by atoms with E-state index in [0.29, 0.717) is 29.6 Å². The molecule has 0 atom stereocenters. The third kappa shape index (κ3) is 5.29. The van der Waals surface area contributed by atoms with E-state index in [9.17, 15) is 4.79 Å². The molecule has 4 aromatic rings. The maximum absolute atomic E-state index is 12.6. The molecule has 0 fully saturated rings. The van der Waals surface area contributed by atoms with E-state index < -0.39 is 0 Å². The summed E-state index contributed by atoms with van der Waals surface area (Å²) < 4.78 is 11.1. The monoisotopic (exact) mass is 425 g/mol. The Balaban J connectivity index is 1.44. The van der Waals surface area contributed by atoms with Gasteiger partial charge in [-0.2, -0.15) is 4.98 Å². The van der Waals surface area contributed by atoms with Gasteiger partial charge < -0.3 is 14.8 Å². The predicted molar refractivity (Wildman–Crippen MR) is 123 cm³/mol. The van der Waals surface area contributed by atoms with Gasteiger partial charge in [0, 0.05) is 29.9 Å². The Bertz CT molecular complexity index is 1220. The molecule has 1 heterocycles. The van der Waals surface area contributed by atoms with E-state index in [1.165, 1.54) is 5.56 Å². The minimum Gasteiger partial charge on any atom is -0.497 e. The van der Waals surface area contributed by atoms with E-state index in [2.05, 4.69) is 15.3 Å². The van der Waals surface area contributed by atoms with Gasteiger partial charge in [-0.1, -0.05) is 48.0 Å². The Kier molecular flexibility index (Phi) is 6.41. The average molecular weight is 425 g/mol. The second-order valence-electron chi connectivity index (χ2n) is 7.25. The Morgan fingerprint density at radius 3 is 2.53 bits per heavy atom. The normalized spacial score (nSPS) is 10.4. The van der Waals surface area contributed by atoms with E-state index in [0.717, 1.165) is 16.9 Å². The highest BCUT2D eigenvalue weighted by Gasteiger charge is 2.09. The molecule has 0 aliphatic carbocycles. The highest BCUT2D eigenvalue weighted by molar-refractivity contribution is 5.94. The molecule has 0 unspecified atom stereocenters. The molecule has 0 radical (unpaired) electrons. The van der Waals surface area contributed by atoms with Crippen LogP contribution in [0.25, 0.3) is 11.4 Å². The maximum Gasteiger partial charge on any atom is 0.251 e. The van der Waals surface area contributed by atoms with Crippen molar-refractivity contribution < 1.29 is 14.3 Å². The topological polar surface area (TPSA) is 73.3 Å². The summed E-state index contributed by atoms with van der Waals surface area (Å²) in [5.41, 5.74) is 3.53. The van der Waals surface area contributed by atoms with E-state index >= 15 is 0 Å². The number of carbonyl (C=O) groups is 1. The summed E-state index contributed by atoms with van der Waals surface area (Å²) in [4.78, 5) is 21.4. The lowest BCUT2D eigenvalue weighted by atomic mass is 10.1. The van der Waals surface area contributed by atoms with Crippen LogP contribution in [0.5, 0.6) is 17.4 Å². The van der Waals surface area contributed by atoms with E-state index in [1.807, 2.05) is 55.5 Å². The Morgan fingerprint density at radius 1 is 0.938 bits per heavy atom. The summed E-state index contributed by atoms with van der Waals surface area (Å²) in [7, 11) is 1.62. The molecular weight excluding hydrogens is 402 g/mol. The molecular formula is C26H23N3O3. The van der Waals surface area contributed by atoms with Gasteiger partial charge in [0.25, 0.3) is 5.91 Å². The first kappa shape index (κ1) is 21.1. The van der Waals surface area contributed by atoms with Gasteiger partial charge >= 0.3 is 0 Å². The van der Waals surface area contributed by atoms with Crippen molar-refractivity contribution in [2.45, 2.75) is 13.5 Å². The Labute approximate surface area is 186 Å². The number of carbonyl (C=O) groups excluding carboxylic acids is 1. The molecule has 0 saturated carbocycles.